The Labute approximate surface area is 178 Å². The van der Waals surface area contributed by atoms with Gasteiger partial charge in [-0.1, -0.05) is 19.4 Å². The molecule has 0 aliphatic carbocycles. The molecule has 8 heteroatoms. The molecule has 4 rings (SSSR count). The fourth-order valence-electron chi connectivity index (χ4n) is 3.56. The zero-order valence-electron chi connectivity index (χ0n) is 17.1. The molecule has 2 aliphatic rings. The highest BCUT2D eigenvalue weighted by Crippen LogP contribution is 2.31. The standard InChI is InChI=1S/C22H22FN5OS/c1-4-5-9-19-26-28-20(24)18(21(29)25-22(28)30-19)11-15-10-13(2)27(14(15)3)17-8-6-7-16(23)12-17/h6-8,10-12,24H,4-5,9H2,1-3H3/b18-11+,24-20?. The van der Waals surface area contributed by atoms with Crippen LogP contribution in [0.3, 0.4) is 0 Å². The molecule has 0 fully saturated rings. The second-order valence-electron chi connectivity index (χ2n) is 7.26. The lowest BCUT2D eigenvalue weighted by Gasteiger charge is -2.20. The summed E-state index contributed by atoms with van der Waals surface area (Å²) in [6, 6.07) is 8.29. The van der Waals surface area contributed by atoms with Crippen LogP contribution in [0.1, 0.15) is 43.1 Å². The van der Waals surface area contributed by atoms with Gasteiger partial charge >= 0.3 is 0 Å². The Morgan fingerprint density at radius 2 is 2.07 bits per heavy atom. The van der Waals surface area contributed by atoms with Crippen molar-refractivity contribution in [2.75, 3.05) is 0 Å². The molecule has 0 unspecified atom stereocenters. The number of amidine groups is 2. The first-order chi connectivity index (χ1) is 14.4. The van der Waals surface area contributed by atoms with E-state index >= 15 is 0 Å². The number of amides is 1. The first kappa shape index (κ1) is 20.3. The third-order valence-electron chi connectivity index (χ3n) is 5.08. The maximum Gasteiger partial charge on any atom is 0.283 e. The third-order valence-corrected chi connectivity index (χ3v) is 6.05. The van der Waals surface area contributed by atoms with Crippen LogP contribution in [-0.2, 0) is 4.79 Å². The Bertz CT molecular complexity index is 1140. The van der Waals surface area contributed by atoms with Gasteiger partial charge in [-0.15, -0.1) is 0 Å². The van der Waals surface area contributed by atoms with Crippen LogP contribution < -0.4 is 0 Å². The quantitative estimate of drug-likeness (QED) is 0.685. The van der Waals surface area contributed by atoms with E-state index in [1.807, 2.05) is 30.5 Å². The number of carbonyl (C=O) groups is 1. The summed E-state index contributed by atoms with van der Waals surface area (Å²) in [5, 5.41) is 15.8. The Morgan fingerprint density at radius 3 is 2.80 bits per heavy atom. The molecule has 0 atom stereocenters. The highest BCUT2D eigenvalue weighted by Gasteiger charge is 2.35. The number of unbranched alkanes of at least 4 members (excludes halogenated alkanes) is 1. The van der Waals surface area contributed by atoms with E-state index in [2.05, 4.69) is 17.0 Å². The molecular weight excluding hydrogens is 401 g/mol. The minimum atomic E-state index is -0.443. The molecule has 2 aliphatic heterocycles. The molecule has 0 radical (unpaired) electrons. The number of aromatic nitrogens is 1. The number of halogens is 1. The molecule has 3 heterocycles. The zero-order valence-corrected chi connectivity index (χ0v) is 17.9. The number of hydrogen-bond donors (Lipinski definition) is 1. The van der Waals surface area contributed by atoms with Gasteiger partial charge in [-0.25, -0.2) is 4.39 Å². The van der Waals surface area contributed by atoms with Crippen LogP contribution in [0, 0.1) is 25.1 Å². The molecule has 1 amide bonds. The molecule has 2 aromatic rings. The third kappa shape index (κ3) is 3.63. The number of thioether (sulfide) groups is 1. The number of nitrogens with zero attached hydrogens (tertiary/aromatic N) is 4. The minimum absolute atomic E-state index is 0.0274. The maximum atomic E-state index is 13.7. The van der Waals surface area contributed by atoms with Crippen molar-refractivity contribution >= 4 is 39.8 Å². The fourth-order valence-corrected chi connectivity index (χ4v) is 4.49. The summed E-state index contributed by atoms with van der Waals surface area (Å²) in [6.07, 6.45) is 4.54. The first-order valence-electron chi connectivity index (χ1n) is 9.83. The second-order valence-corrected chi connectivity index (χ2v) is 8.30. The van der Waals surface area contributed by atoms with E-state index in [0.29, 0.717) is 10.9 Å². The Kier molecular flexibility index (Phi) is 5.42. The Hall–Kier alpha value is -3.00. The van der Waals surface area contributed by atoms with E-state index < -0.39 is 5.91 Å². The lowest BCUT2D eigenvalue weighted by Crippen LogP contribution is -2.35. The summed E-state index contributed by atoms with van der Waals surface area (Å²) in [4.78, 5) is 16.8. The topological polar surface area (TPSA) is 73.8 Å². The molecule has 30 heavy (non-hydrogen) atoms. The SMILES string of the molecule is CCCCC1=NN2C(=N)/C(=C\c3cc(C)n(-c4cccc(F)c4)c3C)C(=O)N=C2S1. The fraction of sp³-hybridized carbons (Fsp3) is 0.273. The van der Waals surface area contributed by atoms with Gasteiger partial charge in [-0.3, -0.25) is 10.2 Å². The first-order valence-corrected chi connectivity index (χ1v) is 10.6. The number of hydrazone groups is 1. The van der Waals surface area contributed by atoms with Crippen molar-refractivity contribution in [2.24, 2.45) is 10.1 Å². The van der Waals surface area contributed by atoms with E-state index in [1.54, 1.807) is 12.1 Å². The van der Waals surface area contributed by atoms with Crippen LogP contribution in [0.4, 0.5) is 4.39 Å². The van der Waals surface area contributed by atoms with Gasteiger partial charge in [0, 0.05) is 17.1 Å². The van der Waals surface area contributed by atoms with Crippen molar-refractivity contribution in [2.45, 2.75) is 40.0 Å². The summed E-state index contributed by atoms with van der Waals surface area (Å²) in [7, 11) is 0. The summed E-state index contributed by atoms with van der Waals surface area (Å²) >= 11 is 1.36. The van der Waals surface area contributed by atoms with Gasteiger partial charge in [0.25, 0.3) is 5.91 Å². The lowest BCUT2D eigenvalue weighted by atomic mass is 10.1. The average Bonchev–Trinajstić information content (AvgIpc) is 3.23. The average molecular weight is 424 g/mol. The number of carbonyl (C=O) groups excluding carboxylic acids is 1. The van der Waals surface area contributed by atoms with Gasteiger partial charge in [0.05, 0.1) is 5.57 Å². The monoisotopic (exact) mass is 423 g/mol. The minimum Gasteiger partial charge on any atom is -0.318 e. The van der Waals surface area contributed by atoms with E-state index in [4.69, 9.17) is 5.41 Å². The molecule has 1 aromatic heterocycles. The lowest BCUT2D eigenvalue weighted by molar-refractivity contribution is -0.114. The molecular formula is C22H22FN5OS. The van der Waals surface area contributed by atoms with Gasteiger partial charge in [-0.2, -0.15) is 15.1 Å². The van der Waals surface area contributed by atoms with Crippen molar-refractivity contribution < 1.29 is 9.18 Å². The highest BCUT2D eigenvalue weighted by atomic mass is 32.2. The number of nitrogens with one attached hydrogen (secondary N) is 1. The van der Waals surface area contributed by atoms with Gasteiger partial charge in [0.2, 0.25) is 5.17 Å². The number of hydrogen-bond acceptors (Lipinski definition) is 4. The maximum absolute atomic E-state index is 13.7. The zero-order chi connectivity index (χ0) is 21.4. The van der Waals surface area contributed by atoms with Crippen molar-refractivity contribution in [3.05, 3.63) is 58.7 Å². The normalized spacial score (nSPS) is 17.5. The van der Waals surface area contributed by atoms with E-state index in [9.17, 15) is 9.18 Å². The number of aryl methyl sites for hydroxylation is 1. The highest BCUT2D eigenvalue weighted by molar-refractivity contribution is 8.26. The number of rotatable bonds is 5. The van der Waals surface area contributed by atoms with Gasteiger partial charge in [0.15, 0.2) is 5.84 Å². The molecule has 0 saturated carbocycles. The predicted octanol–water partition coefficient (Wildman–Crippen LogP) is 5.04. The van der Waals surface area contributed by atoms with Crippen LogP contribution >= 0.6 is 11.8 Å². The van der Waals surface area contributed by atoms with Crippen LogP contribution in [0.25, 0.3) is 11.8 Å². The van der Waals surface area contributed by atoms with Crippen molar-refractivity contribution in [1.82, 2.24) is 9.58 Å². The van der Waals surface area contributed by atoms with Gasteiger partial charge < -0.3 is 4.57 Å². The second kappa shape index (κ2) is 8.02. The molecule has 1 N–H and O–H groups in total. The predicted molar refractivity (Wildman–Crippen MR) is 120 cm³/mol. The van der Waals surface area contributed by atoms with Gasteiger partial charge in [-0.05, 0) is 74.4 Å². The molecule has 0 bridgehead atoms. The van der Waals surface area contributed by atoms with Crippen LogP contribution in [0.15, 0.2) is 46.0 Å². The van der Waals surface area contributed by atoms with Crippen LogP contribution in [0.2, 0.25) is 0 Å². The summed E-state index contributed by atoms with van der Waals surface area (Å²) in [5.74, 6) is -0.727. The molecule has 154 valence electrons. The van der Waals surface area contributed by atoms with E-state index in [1.165, 1.54) is 28.9 Å². The van der Waals surface area contributed by atoms with Crippen LogP contribution in [-0.4, -0.2) is 31.5 Å². The molecule has 0 spiro atoms. The number of benzene rings is 1. The molecule has 0 saturated heterocycles. The smallest absolute Gasteiger partial charge is 0.283 e. The van der Waals surface area contributed by atoms with Crippen molar-refractivity contribution in [1.29, 1.82) is 5.41 Å². The number of fused-ring (bicyclic) bond motifs is 1. The van der Waals surface area contributed by atoms with Crippen molar-refractivity contribution in [3.63, 3.8) is 0 Å². The van der Waals surface area contributed by atoms with Gasteiger partial charge in [0.1, 0.15) is 10.9 Å². The van der Waals surface area contributed by atoms with E-state index in [-0.39, 0.29) is 17.2 Å². The summed E-state index contributed by atoms with van der Waals surface area (Å²) < 4.78 is 15.6. The Morgan fingerprint density at radius 1 is 1.27 bits per heavy atom. The van der Waals surface area contributed by atoms with Crippen molar-refractivity contribution in [3.8, 4) is 5.69 Å². The van der Waals surface area contributed by atoms with Crippen LogP contribution in [0.5, 0.6) is 0 Å². The Balaban J connectivity index is 1.69. The summed E-state index contributed by atoms with van der Waals surface area (Å²) in [5.41, 5.74) is 3.44. The number of aliphatic imine (C=N–C) groups is 1. The largest absolute Gasteiger partial charge is 0.318 e. The molecule has 6 nitrogen and oxygen atoms in total. The molecule has 1 aromatic carbocycles. The summed E-state index contributed by atoms with van der Waals surface area (Å²) in [6.45, 7) is 5.94. The van der Waals surface area contributed by atoms with E-state index in [0.717, 1.165) is 41.3 Å².